The first-order valence-corrected chi connectivity index (χ1v) is 6.30. The molecule has 86 valence electrons. The fourth-order valence-corrected chi connectivity index (χ4v) is 3.09. The van der Waals surface area contributed by atoms with Crippen molar-refractivity contribution in [2.45, 2.75) is 37.8 Å². The van der Waals surface area contributed by atoms with E-state index in [1.807, 2.05) is 0 Å². The number of ether oxygens (including phenoxy) is 1. The summed E-state index contributed by atoms with van der Waals surface area (Å²) in [6.07, 6.45) is 5.88. The maximum Gasteiger partial charge on any atom is 0.0708 e. The van der Waals surface area contributed by atoms with Gasteiger partial charge in [-0.3, -0.25) is 0 Å². The zero-order valence-electron chi connectivity index (χ0n) is 9.67. The van der Waals surface area contributed by atoms with Gasteiger partial charge in [0.15, 0.2) is 0 Å². The quantitative estimate of drug-likeness (QED) is 0.747. The molecule has 3 heteroatoms. The molecule has 0 aromatic rings. The van der Waals surface area contributed by atoms with Gasteiger partial charge in [-0.25, -0.2) is 0 Å². The van der Waals surface area contributed by atoms with E-state index in [1.54, 1.807) is 0 Å². The maximum absolute atomic E-state index is 5.96. The average Bonchev–Trinajstić information content (AvgIpc) is 2.89. The van der Waals surface area contributed by atoms with Gasteiger partial charge in [-0.1, -0.05) is 0 Å². The molecule has 3 rings (SSSR count). The van der Waals surface area contributed by atoms with Crippen LogP contribution >= 0.6 is 0 Å². The van der Waals surface area contributed by atoms with E-state index in [2.05, 4.69) is 17.3 Å². The lowest BCUT2D eigenvalue weighted by atomic mass is 9.85. The summed E-state index contributed by atoms with van der Waals surface area (Å²) in [6.45, 7) is 4.50. The van der Waals surface area contributed by atoms with Crippen molar-refractivity contribution in [3.05, 3.63) is 0 Å². The molecule has 0 bridgehead atoms. The monoisotopic (exact) mass is 210 g/mol. The lowest BCUT2D eigenvalue weighted by Crippen LogP contribution is -2.31. The Bertz CT molecular complexity index is 234. The Kier molecular flexibility index (Phi) is 2.49. The molecule has 0 radical (unpaired) electrons. The van der Waals surface area contributed by atoms with Crippen molar-refractivity contribution in [2.24, 2.45) is 5.41 Å². The van der Waals surface area contributed by atoms with Crippen LogP contribution in [0.1, 0.15) is 25.7 Å². The third-order valence-electron chi connectivity index (χ3n) is 4.28. The van der Waals surface area contributed by atoms with Gasteiger partial charge < -0.3 is 15.0 Å². The molecule has 2 aliphatic heterocycles. The van der Waals surface area contributed by atoms with Crippen LogP contribution < -0.4 is 5.32 Å². The second-order valence-corrected chi connectivity index (χ2v) is 5.73. The first kappa shape index (κ1) is 10.1. The van der Waals surface area contributed by atoms with Crippen LogP contribution in [0.15, 0.2) is 0 Å². The van der Waals surface area contributed by atoms with E-state index < -0.39 is 0 Å². The summed E-state index contributed by atoms with van der Waals surface area (Å²) in [6, 6.07) is 0.867. The van der Waals surface area contributed by atoms with E-state index in [9.17, 15) is 0 Å². The summed E-state index contributed by atoms with van der Waals surface area (Å²) in [4.78, 5) is 2.49. The number of likely N-dealkylation sites (N-methyl/N-ethyl adjacent to an activating group) is 1. The summed E-state index contributed by atoms with van der Waals surface area (Å²) in [5.41, 5.74) is 0.495. The second-order valence-electron chi connectivity index (χ2n) is 5.73. The molecule has 0 aromatic heterocycles. The minimum Gasteiger partial charge on any atom is -0.376 e. The van der Waals surface area contributed by atoms with Crippen molar-refractivity contribution in [2.75, 3.05) is 33.3 Å². The molecule has 0 aromatic carbocycles. The van der Waals surface area contributed by atoms with Gasteiger partial charge >= 0.3 is 0 Å². The Labute approximate surface area is 92.2 Å². The number of hydrogen-bond acceptors (Lipinski definition) is 3. The predicted molar refractivity (Wildman–Crippen MR) is 59.9 cm³/mol. The molecule has 3 fully saturated rings. The fourth-order valence-electron chi connectivity index (χ4n) is 3.09. The van der Waals surface area contributed by atoms with E-state index >= 15 is 0 Å². The van der Waals surface area contributed by atoms with E-state index in [1.165, 1.54) is 38.8 Å². The van der Waals surface area contributed by atoms with Gasteiger partial charge in [0.1, 0.15) is 0 Å². The van der Waals surface area contributed by atoms with Gasteiger partial charge in [0, 0.05) is 24.5 Å². The van der Waals surface area contributed by atoms with Gasteiger partial charge in [0.2, 0.25) is 0 Å². The molecule has 2 heterocycles. The highest BCUT2D eigenvalue weighted by molar-refractivity contribution is 4.95. The number of nitrogens with zero attached hydrogens (tertiary/aromatic N) is 1. The molecule has 0 amide bonds. The zero-order chi connectivity index (χ0) is 10.3. The van der Waals surface area contributed by atoms with E-state index in [4.69, 9.17) is 4.74 Å². The lowest BCUT2D eigenvalue weighted by molar-refractivity contribution is 0.0715. The Morgan fingerprint density at radius 3 is 3.00 bits per heavy atom. The topological polar surface area (TPSA) is 24.5 Å². The minimum atomic E-state index is 0.495. The van der Waals surface area contributed by atoms with Crippen LogP contribution in [0, 0.1) is 5.41 Å². The van der Waals surface area contributed by atoms with Gasteiger partial charge in [-0.2, -0.15) is 0 Å². The fraction of sp³-hybridized carbons (Fsp3) is 1.00. The highest BCUT2D eigenvalue weighted by Gasteiger charge is 2.43. The van der Waals surface area contributed by atoms with Crippen molar-refractivity contribution in [3.8, 4) is 0 Å². The Morgan fingerprint density at radius 2 is 2.33 bits per heavy atom. The molecular weight excluding hydrogens is 188 g/mol. The molecular formula is C12H22N2O. The van der Waals surface area contributed by atoms with Crippen LogP contribution in [0.5, 0.6) is 0 Å². The second kappa shape index (κ2) is 3.72. The maximum atomic E-state index is 5.96. The number of hydrogen-bond donors (Lipinski definition) is 1. The molecule has 1 spiro atoms. The van der Waals surface area contributed by atoms with Gasteiger partial charge in [0.05, 0.1) is 12.7 Å². The normalized spacial score (nSPS) is 40.8. The predicted octanol–water partition coefficient (Wildman–Crippen LogP) is 0.849. The largest absolute Gasteiger partial charge is 0.376 e. The zero-order valence-corrected chi connectivity index (χ0v) is 9.67. The van der Waals surface area contributed by atoms with E-state index in [-0.39, 0.29) is 0 Å². The molecule has 1 saturated carbocycles. The van der Waals surface area contributed by atoms with Crippen molar-refractivity contribution in [1.29, 1.82) is 0 Å². The standard InChI is InChI=1S/C12H22N2O/c1-14(10-2-3-10)7-11-6-12(9-15-11)4-5-13-8-12/h10-11,13H,2-9H2,1H3. The highest BCUT2D eigenvalue weighted by Crippen LogP contribution is 2.38. The molecule has 3 aliphatic rings. The van der Waals surface area contributed by atoms with Crippen LogP contribution in [-0.4, -0.2) is 50.3 Å². The van der Waals surface area contributed by atoms with Gasteiger partial charge in [-0.15, -0.1) is 0 Å². The summed E-state index contributed by atoms with van der Waals surface area (Å²) < 4.78 is 5.96. The lowest BCUT2D eigenvalue weighted by Gasteiger charge is -2.21. The first-order valence-electron chi connectivity index (χ1n) is 6.30. The van der Waals surface area contributed by atoms with Gasteiger partial charge in [0.25, 0.3) is 0 Å². The average molecular weight is 210 g/mol. The van der Waals surface area contributed by atoms with Crippen LogP contribution in [0.4, 0.5) is 0 Å². The first-order chi connectivity index (χ1) is 7.27. The third kappa shape index (κ3) is 2.05. The van der Waals surface area contributed by atoms with Crippen LogP contribution in [0.2, 0.25) is 0 Å². The molecule has 15 heavy (non-hydrogen) atoms. The molecule has 2 atom stereocenters. The highest BCUT2D eigenvalue weighted by atomic mass is 16.5. The van der Waals surface area contributed by atoms with E-state index in [0.29, 0.717) is 11.5 Å². The molecule has 1 aliphatic carbocycles. The van der Waals surface area contributed by atoms with Crippen LogP contribution in [0.3, 0.4) is 0 Å². The summed E-state index contributed by atoms with van der Waals surface area (Å²) in [7, 11) is 2.25. The summed E-state index contributed by atoms with van der Waals surface area (Å²) >= 11 is 0. The molecule has 2 saturated heterocycles. The van der Waals surface area contributed by atoms with Crippen LogP contribution in [-0.2, 0) is 4.74 Å². The molecule has 1 N–H and O–H groups in total. The molecule has 3 nitrogen and oxygen atoms in total. The smallest absolute Gasteiger partial charge is 0.0708 e. The van der Waals surface area contributed by atoms with Gasteiger partial charge in [-0.05, 0) is 39.3 Å². The Hall–Kier alpha value is -0.120. The van der Waals surface area contributed by atoms with Crippen molar-refractivity contribution in [3.63, 3.8) is 0 Å². The summed E-state index contributed by atoms with van der Waals surface area (Å²) in [5, 5.41) is 3.47. The number of nitrogens with one attached hydrogen (secondary N) is 1. The van der Waals surface area contributed by atoms with Crippen molar-refractivity contribution >= 4 is 0 Å². The van der Waals surface area contributed by atoms with E-state index in [0.717, 1.165) is 19.2 Å². The molecule has 2 unspecified atom stereocenters. The van der Waals surface area contributed by atoms with Crippen LogP contribution in [0.25, 0.3) is 0 Å². The number of rotatable bonds is 3. The summed E-state index contributed by atoms with van der Waals surface area (Å²) in [5.74, 6) is 0. The Morgan fingerprint density at radius 1 is 1.47 bits per heavy atom. The minimum absolute atomic E-state index is 0.495. The van der Waals surface area contributed by atoms with Crippen molar-refractivity contribution < 1.29 is 4.74 Å². The Balaban J connectivity index is 1.52. The van der Waals surface area contributed by atoms with Crippen molar-refractivity contribution in [1.82, 2.24) is 10.2 Å². The SMILES string of the molecule is CN(CC1CC2(CCNC2)CO1)C1CC1. The third-order valence-corrected chi connectivity index (χ3v) is 4.28.